The molecule has 0 aliphatic carbocycles. The highest BCUT2D eigenvalue weighted by atomic mass is 16.5. The van der Waals surface area contributed by atoms with E-state index in [-0.39, 0.29) is 24.1 Å². The fraction of sp³-hybridized carbons (Fsp3) is 0.562. The van der Waals surface area contributed by atoms with Crippen molar-refractivity contribution in [3.63, 3.8) is 0 Å². The number of nitrogen functional groups attached to an aromatic ring is 1. The first-order valence-corrected chi connectivity index (χ1v) is 9.03. The molecule has 0 saturated heterocycles. The third-order valence-corrected chi connectivity index (χ3v) is 3.43. The Morgan fingerprint density at radius 2 is 1.87 bits per heavy atom. The van der Waals surface area contributed by atoms with Crippen LogP contribution in [0.2, 0.25) is 0 Å². The van der Waals surface area contributed by atoms with Gasteiger partial charge in [-0.2, -0.15) is 5.21 Å². The third kappa shape index (κ3) is 8.53. The van der Waals surface area contributed by atoms with E-state index in [0.29, 0.717) is 31.8 Å². The lowest BCUT2D eigenvalue weighted by Crippen LogP contribution is -2.22. The predicted octanol–water partition coefficient (Wildman–Crippen LogP) is -0.581. The molecule has 14 nitrogen and oxygen atoms in total. The second kappa shape index (κ2) is 12.7. The van der Waals surface area contributed by atoms with Crippen LogP contribution in [0.15, 0.2) is 11.1 Å². The lowest BCUT2D eigenvalue weighted by atomic mass is 10.0. The van der Waals surface area contributed by atoms with Crippen molar-refractivity contribution in [1.29, 1.82) is 0 Å². The van der Waals surface area contributed by atoms with E-state index in [2.05, 4.69) is 40.9 Å². The van der Waals surface area contributed by atoms with E-state index >= 15 is 0 Å². The van der Waals surface area contributed by atoms with Crippen LogP contribution in [0.5, 0.6) is 0 Å². The molecule has 30 heavy (non-hydrogen) atoms. The number of ketones is 1. The molecule has 0 aromatic carbocycles. The molecule has 1 aliphatic rings. The molecule has 0 spiro atoms. The average Bonchev–Trinajstić information content (AvgIpc) is 3.32. The molecule has 0 bridgehead atoms. The number of aromatic nitrogens is 8. The van der Waals surface area contributed by atoms with Crippen molar-refractivity contribution in [3.05, 3.63) is 17.0 Å². The molecule has 1 aliphatic heterocycles. The van der Waals surface area contributed by atoms with Crippen LogP contribution in [-0.2, 0) is 36.8 Å². The number of hydrogen-bond donors (Lipinski definition) is 2. The summed E-state index contributed by atoms with van der Waals surface area (Å²) in [5.74, 6) is 0.102. The maximum atomic E-state index is 11.6. The summed E-state index contributed by atoms with van der Waals surface area (Å²) in [6.07, 6.45) is 0.509. The van der Waals surface area contributed by atoms with Crippen molar-refractivity contribution in [2.45, 2.75) is 47.1 Å². The first-order valence-electron chi connectivity index (χ1n) is 9.03. The Kier molecular flexibility index (Phi) is 10.3. The second-order valence-corrected chi connectivity index (χ2v) is 5.86. The quantitative estimate of drug-likeness (QED) is 0.459. The summed E-state index contributed by atoms with van der Waals surface area (Å²) in [5, 5.41) is 23.3. The molecule has 0 atom stereocenters. The summed E-state index contributed by atoms with van der Waals surface area (Å²) in [6.45, 7) is 7.90. The molecule has 3 heterocycles. The Bertz CT molecular complexity index is 860. The maximum absolute atomic E-state index is 11.6. The van der Waals surface area contributed by atoms with Gasteiger partial charge in [-0.3, -0.25) is 9.59 Å². The van der Waals surface area contributed by atoms with E-state index in [0.717, 1.165) is 11.4 Å². The second-order valence-electron chi connectivity index (χ2n) is 5.86. The van der Waals surface area contributed by atoms with Crippen molar-refractivity contribution in [3.8, 4) is 0 Å². The first-order chi connectivity index (χ1) is 14.3. The standard InChI is InChI=1S/C9H12N4O2.C6H10O3.CH3N5/c1-3-15-9(14)7-5-13-8(4-6(7)2)10-11-12-13;1-3-9-6(8)4-5(2)7;2-1-3-5-6-4-1/h3-5H2,1-2H3;3-4H2,1-2H3;(H3,2,3,4,5,6). The van der Waals surface area contributed by atoms with Gasteiger partial charge in [-0.15, -0.1) is 10.2 Å². The number of aromatic amines is 1. The van der Waals surface area contributed by atoms with Crippen molar-refractivity contribution in [1.82, 2.24) is 40.8 Å². The topological polar surface area (TPSA) is 194 Å². The molecular formula is C16H25N9O5. The summed E-state index contributed by atoms with van der Waals surface area (Å²) >= 11 is 0. The smallest absolute Gasteiger partial charge is 0.335 e. The fourth-order valence-corrected chi connectivity index (χ4v) is 2.14. The number of carbonyl (C=O) groups is 3. The molecular weight excluding hydrogens is 398 g/mol. The van der Waals surface area contributed by atoms with E-state index in [1.807, 2.05) is 6.92 Å². The van der Waals surface area contributed by atoms with Gasteiger partial charge in [-0.25, -0.2) is 9.48 Å². The van der Waals surface area contributed by atoms with Crippen LogP contribution in [-0.4, -0.2) is 71.8 Å². The van der Waals surface area contributed by atoms with Gasteiger partial charge in [0.2, 0.25) is 0 Å². The zero-order chi connectivity index (χ0) is 22.5. The number of Topliss-reactive ketones (excluding diaryl/α,β-unsaturated/α-hetero) is 1. The molecule has 0 unspecified atom stereocenters. The number of carbonyl (C=O) groups excluding carboxylic acids is 3. The molecule has 14 heteroatoms. The van der Waals surface area contributed by atoms with Gasteiger partial charge in [-0.1, -0.05) is 10.7 Å². The summed E-state index contributed by atoms with van der Waals surface area (Å²) in [6, 6.07) is 0. The minimum Gasteiger partial charge on any atom is -0.466 e. The third-order valence-electron chi connectivity index (χ3n) is 3.43. The molecule has 0 fully saturated rings. The minimum atomic E-state index is -0.440. The van der Waals surface area contributed by atoms with Gasteiger partial charge in [0.05, 0.1) is 25.3 Å². The van der Waals surface area contributed by atoms with Gasteiger partial charge in [0.1, 0.15) is 12.2 Å². The molecule has 164 valence electrons. The highest BCUT2D eigenvalue weighted by molar-refractivity contribution is 5.94. The molecule has 0 amide bonds. The molecule has 2 aromatic heterocycles. The van der Waals surface area contributed by atoms with E-state index in [4.69, 9.17) is 10.5 Å². The molecule has 3 rings (SSSR count). The summed E-state index contributed by atoms with van der Waals surface area (Å²) in [7, 11) is 0. The van der Waals surface area contributed by atoms with Crippen LogP contribution in [0.25, 0.3) is 0 Å². The number of nitrogens with one attached hydrogen (secondary N) is 1. The van der Waals surface area contributed by atoms with E-state index in [1.165, 1.54) is 6.92 Å². The summed E-state index contributed by atoms with van der Waals surface area (Å²) in [5.41, 5.74) is 6.61. The predicted molar refractivity (Wildman–Crippen MR) is 101 cm³/mol. The van der Waals surface area contributed by atoms with Crippen molar-refractivity contribution < 1.29 is 23.9 Å². The van der Waals surface area contributed by atoms with Crippen molar-refractivity contribution >= 4 is 23.7 Å². The molecule has 3 N–H and O–H groups in total. The number of hydrogen-bond acceptors (Lipinski definition) is 12. The molecule has 0 saturated carbocycles. The van der Waals surface area contributed by atoms with Crippen LogP contribution in [0.1, 0.15) is 39.9 Å². The number of anilines is 1. The fourth-order valence-electron chi connectivity index (χ4n) is 2.14. The monoisotopic (exact) mass is 423 g/mol. The molecule has 2 aromatic rings. The Morgan fingerprint density at radius 1 is 1.17 bits per heavy atom. The van der Waals surface area contributed by atoms with E-state index in [1.54, 1.807) is 18.5 Å². The number of nitrogens with zero attached hydrogens (tertiary/aromatic N) is 7. The van der Waals surface area contributed by atoms with Crippen LogP contribution in [0, 0.1) is 0 Å². The Hall–Kier alpha value is -3.71. The summed E-state index contributed by atoms with van der Waals surface area (Å²) in [4.78, 5) is 32.2. The summed E-state index contributed by atoms with van der Waals surface area (Å²) < 4.78 is 11.1. The highest BCUT2D eigenvalue weighted by Gasteiger charge is 2.23. The lowest BCUT2D eigenvalue weighted by Gasteiger charge is -2.16. The minimum absolute atomic E-state index is 0.103. The van der Waals surface area contributed by atoms with Gasteiger partial charge >= 0.3 is 11.9 Å². The van der Waals surface area contributed by atoms with Gasteiger partial charge < -0.3 is 15.2 Å². The number of rotatable bonds is 5. The zero-order valence-electron chi connectivity index (χ0n) is 17.3. The first kappa shape index (κ1) is 24.3. The van der Waals surface area contributed by atoms with Gasteiger partial charge in [0, 0.05) is 6.42 Å². The number of nitrogens with two attached hydrogens (primary N) is 1. The van der Waals surface area contributed by atoms with Crippen LogP contribution in [0.4, 0.5) is 5.95 Å². The largest absolute Gasteiger partial charge is 0.466 e. The number of tetrazole rings is 2. The number of ether oxygens (including phenoxy) is 2. The van der Waals surface area contributed by atoms with E-state index in [9.17, 15) is 14.4 Å². The number of esters is 2. The lowest BCUT2D eigenvalue weighted by molar-refractivity contribution is -0.145. The van der Waals surface area contributed by atoms with Gasteiger partial charge in [-0.05, 0) is 43.3 Å². The van der Waals surface area contributed by atoms with Gasteiger partial charge in [0.15, 0.2) is 5.82 Å². The van der Waals surface area contributed by atoms with Crippen LogP contribution < -0.4 is 5.73 Å². The zero-order valence-corrected chi connectivity index (χ0v) is 17.3. The molecule has 0 radical (unpaired) electrons. The van der Waals surface area contributed by atoms with E-state index < -0.39 is 5.97 Å². The van der Waals surface area contributed by atoms with Crippen LogP contribution >= 0.6 is 0 Å². The number of allylic oxidation sites excluding steroid dienone is 1. The van der Waals surface area contributed by atoms with Crippen LogP contribution in [0.3, 0.4) is 0 Å². The normalized spacial score (nSPS) is 11.9. The average molecular weight is 423 g/mol. The Balaban J connectivity index is 0.000000255. The maximum Gasteiger partial charge on any atom is 0.335 e. The van der Waals surface area contributed by atoms with Crippen molar-refractivity contribution in [2.75, 3.05) is 18.9 Å². The SMILES string of the molecule is CCOC(=O)C1=C(C)Cc2nnnn2C1.CCOC(=O)CC(C)=O.Nc1nn[nH]n1. The Labute approximate surface area is 172 Å². The van der Waals surface area contributed by atoms with Crippen molar-refractivity contribution in [2.24, 2.45) is 0 Å². The Morgan fingerprint density at radius 3 is 2.37 bits per heavy atom. The number of H-pyrrole nitrogens is 1. The highest BCUT2D eigenvalue weighted by Crippen LogP contribution is 2.18. The number of fused-ring (bicyclic) bond motifs is 1. The van der Waals surface area contributed by atoms with Gasteiger partial charge in [0.25, 0.3) is 5.95 Å².